The first kappa shape index (κ1) is 14.8. The monoisotopic (exact) mass is 278 g/mol. The zero-order valence-electron chi connectivity index (χ0n) is 12.1. The van der Waals surface area contributed by atoms with Crippen LogP contribution in [0, 0.1) is 0 Å². The van der Waals surface area contributed by atoms with Crippen molar-refractivity contribution < 1.29 is 14.3 Å². The van der Waals surface area contributed by atoms with E-state index in [0.29, 0.717) is 23.5 Å². The molecule has 0 spiro atoms. The summed E-state index contributed by atoms with van der Waals surface area (Å²) in [5.74, 6) is 1.38. The fourth-order valence-electron chi connectivity index (χ4n) is 2.36. The molecule has 5 heteroatoms. The second-order valence-corrected chi connectivity index (χ2v) is 4.83. The number of ether oxygens (including phenoxy) is 2. The molecule has 1 aliphatic rings. The Morgan fingerprint density at radius 3 is 2.65 bits per heavy atom. The van der Waals surface area contributed by atoms with Crippen LogP contribution in [0.5, 0.6) is 11.5 Å². The zero-order chi connectivity index (χ0) is 14.4. The molecule has 5 nitrogen and oxygen atoms in total. The summed E-state index contributed by atoms with van der Waals surface area (Å²) in [5.41, 5.74) is 0.599. The van der Waals surface area contributed by atoms with E-state index < -0.39 is 0 Å². The van der Waals surface area contributed by atoms with Gasteiger partial charge in [-0.15, -0.1) is 0 Å². The molecule has 1 N–H and O–H groups in total. The summed E-state index contributed by atoms with van der Waals surface area (Å²) in [7, 11) is 3.17. The van der Waals surface area contributed by atoms with E-state index >= 15 is 0 Å². The van der Waals surface area contributed by atoms with Gasteiger partial charge in [-0.25, -0.2) is 0 Å². The minimum Gasteiger partial charge on any atom is -0.497 e. The first-order chi connectivity index (χ1) is 9.74. The Kier molecular flexibility index (Phi) is 5.38. The molecule has 0 bridgehead atoms. The molecule has 0 unspecified atom stereocenters. The maximum absolute atomic E-state index is 12.4. The third-order valence-corrected chi connectivity index (χ3v) is 3.57. The van der Waals surface area contributed by atoms with Crippen molar-refractivity contribution >= 4 is 5.78 Å². The number of hydrogen-bond acceptors (Lipinski definition) is 5. The normalized spacial score (nSPS) is 15.9. The van der Waals surface area contributed by atoms with E-state index in [2.05, 4.69) is 10.2 Å². The fraction of sp³-hybridized carbons (Fsp3) is 0.533. The number of ketones is 1. The number of Topliss-reactive ketones (excluding diaryl/α,β-unsaturated/α-hetero) is 1. The Bertz CT molecular complexity index is 456. The van der Waals surface area contributed by atoms with Crippen LogP contribution >= 0.6 is 0 Å². The fourth-order valence-corrected chi connectivity index (χ4v) is 2.36. The number of rotatable bonds is 6. The van der Waals surface area contributed by atoms with Gasteiger partial charge in [0, 0.05) is 39.1 Å². The molecule has 1 aromatic carbocycles. The van der Waals surface area contributed by atoms with Gasteiger partial charge in [-0.05, 0) is 18.2 Å². The van der Waals surface area contributed by atoms with Gasteiger partial charge in [0.2, 0.25) is 0 Å². The first-order valence-corrected chi connectivity index (χ1v) is 6.93. The predicted octanol–water partition coefficient (Wildman–Crippen LogP) is 1.18. The Morgan fingerprint density at radius 2 is 2.00 bits per heavy atom. The molecule has 1 aliphatic heterocycles. The van der Waals surface area contributed by atoms with E-state index in [4.69, 9.17) is 9.47 Å². The van der Waals surface area contributed by atoms with Gasteiger partial charge >= 0.3 is 0 Å². The summed E-state index contributed by atoms with van der Waals surface area (Å²) in [4.78, 5) is 14.7. The van der Waals surface area contributed by atoms with Gasteiger partial charge in [-0.1, -0.05) is 0 Å². The highest BCUT2D eigenvalue weighted by Crippen LogP contribution is 2.25. The molecule has 0 aromatic heterocycles. The third-order valence-electron chi connectivity index (χ3n) is 3.57. The van der Waals surface area contributed by atoms with E-state index in [-0.39, 0.29) is 5.78 Å². The Labute approximate surface area is 119 Å². The molecule has 1 fully saturated rings. The molecular weight excluding hydrogens is 256 g/mol. The van der Waals surface area contributed by atoms with Crippen molar-refractivity contribution in [1.82, 2.24) is 10.2 Å². The van der Waals surface area contributed by atoms with Crippen LogP contribution in [0.15, 0.2) is 18.2 Å². The lowest BCUT2D eigenvalue weighted by Gasteiger charge is -2.26. The van der Waals surface area contributed by atoms with Crippen molar-refractivity contribution in [2.75, 3.05) is 46.9 Å². The molecule has 1 saturated heterocycles. The lowest BCUT2D eigenvalue weighted by molar-refractivity contribution is 0.0957. The van der Waals surface area contributed by atoms with Crippen molar-refractivity contribution in [3.05, 3.63) is 23.8 Å². The van der Waals surface area contributed by atoms with Crippen molar-refractivity contribution in [2.45, 2.75) is 6.42 Å². The lowest BCUT2D eigenvalue weighted by Crippen LogP contribution is -2.44. The second-order valence-electron chi connectivity index (χ2n) is 4.83. The molecule has 1 aromatic rings. The summed E-state index contributed by atoms with van der Waals surface area (Å²) in [6.07, 6.45) is 0.503. The lowest BCUT2D eigenvalue weighted by atomic mass is 10.1. The predicted molar refractivity (Wildman–Crippen MR) is 77.8 cm³/mol. The molecule has 110 valence electrons. The second kappa shape index (κ2) is 7.26. The highest BCUT2D eigenvalue weighted by atomic mass is 16.5. The molecule has 20 heavy (non-hydrogen) atoms. The quantitative estimate of drug-likeness (QED) is 0.792. The van der Waals surface area contributed by atoms with Gasteiger partial charge in [0.05, 0.1) is 19.8 Å². The maximum Gasteiger partial charge on any atom is 0.168 e. The average Bonchev–Trinajstić information content (AvgIpc) is 2.52. The van der Waals surface area contributed by atoms with Crippen LogP contribution in [-0.4, -0.2) is 57.6 Å². The number of carbonyl (C=O) groups excluding carboxylic acids is 1. The maximum atomic E-state index is 12.4. The summed E-state index contributed by atoms with van der Waals surface area (Å²) < 4.78 is 10.4. The summed E-state index contributed by atoms with van der Waals surface area (Å²) in [5, 5.41) is 3.30. The highest BCUT2D eigenvalue weighted by molar-refractivity contribution is 5.99. The van der Waals surface area contributed by atoms with Crippen LogP contribution in [0.25, 0.3) is 0 Å². The van der Waals surface area contributed by atoms with E-state index in [0.717, 1.165) is 32.7 Å². The molecule has 1 heterocycles. The number of benzene rings is 1. The van der Waals surface area contributed by atoms with Crippen LogP contribution in [0.4, 0.5) is 0 Å². The van der Waals surface area contributed by atoms with Gasteiger partial charge in [0.25, 0.3) is 0 Å². The number of methoxy groups -OCH3 is 2. The number of nitrogens with zero attached hydrogens (tertiary/aromatic N) is 1. The van der Waals surface area contributed by atoms with Crippen LogP contribution in [0.1, 0.15) is 16.8 Å². The van der Waals surface area contributed by atoms with Crippen molar-refractivity contribution in [3.8, 4) is 11.5 Å². The van der Waals surface area contributed by atoms with Crippen LogP contribution in [-0.2, 0) is 0 Å². The minimum atomic E-state index is 0.0966. The van der Waals surface area contributed by atoms with E-state index in [9.17, 15) is 4.79 Å². The number of carbonyl (C=O) groups is 1. The Morgan fingerprint density at radius 1 is 1.25 bits per heavy atom. The molecule has 0 radical (unpaired) electrons. The molecule has 0 amide bonds. The molecule has 0 atom stereocenters. The van der Waals surface area contributed by atoms with Crippen LogP contribution in [0.3, 0.4) is 0 Å². The molecule has 0 saturated carbocycles. The number of piperazine rings is 1. The van der Waals surface area contributed by atoms with Gasteiger partial charge in [-0.2, -0.15) is 0 Å². The SMILES string of the molecule is COc1ccc(OC)c(C(=O)CCN2CCNCC2)c1. The number of nitrogens with one attached hydrogen (secondary N) is 1. The molecule has 2 rings (SSSR count). The van der Waals surface area contributed by atoms with E-state index in [1.807, 2.05) is 0 Å². The zero-order valence-corrected chi connectivity index (χ0v) is 12.1. The van der Waals surface area contributed by atoms with E-state index in [1.54, 1.807) is 32.4 Å². The van der Waals surface area contributed by atoms with Crippen LogP contribution in [0.2, 0.25) is 0 Å². The van der Waals surface area contributed by atoms with Crippen molar-refractivity contribution in [1.29, 1.82) is 0 Å². The minimum absolute atomic E-state index is 0.0966. The third kappa shape index (κ3) is 3.71. The van der Waals surface area contributed by atoms with Gasteiger partial charge < -0.3 is 19.7 Å². The van der Waals surface area contributed by atoms with E-state index in [1.165, 1.54) is 0 Å². The molecular formula is C15H22N2O3. The Balaban J connectivity index is 2.00. The van der Waals surface area contributed by atoms with Crippen LogP contribution < -0.4 is 14.8 Å². The van der Waals surface area contributed by atoms with Gasteiger partial charge in [0.15, 0.2) is 5.78 Å². The van der Waals surface area contributed by atoms with Gasteiger partial charge in [-0.3, -0.25) is 4.79 Å². The summed E-state index contributed by atoms with van der Waals surface area (Å²) in [6.45, 7) is 4.79. The summed E-state index contributed by atoms with van der Waals surface area (Å²) in [6, 6.07) is 5.32. The smallest absolute Gasteiger partial charge is 0.168 e. The topological polar surface area (TPSA) is 50.8 Å². The number of hydrogen-bond donors (Lipinski definition) is 1. The Hall–Kier alpha value is -1.59. The first-order valence-electron chi connectivity index (χ1n) is 6.93. The van der Waals surface area contributed by atoms with Crippen molar-refractivity contribution in [3.63, 3.8) is 0 Å². The summed E-state index contributed by atoms with van der Waals surface area (Å²) >= 11 is 0. The molecule has 0 aliphatic carbocycles. The highest BCUT2D eigenvalue weighted by Gasteiger charge is 2.16. The average molecular weight is 278 g/mol. The largest absolute Gasteiger partial charge is 0.497 e. The van der Waals surface area contributed by atoms with Gasteiger partial charge in [0.1, 0.15) is 11.5 Å². The standard InChI is InChI=1S/C15H22N2O3/c1-19-12-3-4-15(20-2)13(11-12)14(18)5-8-17-9-6-16-7-10-17/h3-4,11,16H,5-10H2,1-2H3. The van der Waals surface area contributed by atoms with Crippen molar-refractivity contribution in [2.24, 2.45) is 0 Å².